The van der Waals surface area contributed by atoms with Crippen molar-refractivity contribution in [3.05, 3.63) is 47.7 Å². The van der Waals surface area contributed by atoms with Crippen LogP contribution >= 0.6 is 15.9 Å². The second kappa shape index (κ2) is 5.26. The number of fused-ring (bicyclic) bond motifs is 1. The predicted molar refractivity (Wildman–Crippen MR) is 73.9 cm³/mol. The van der Waals surface area contributed by atoms with Crippen molar-refractivity contribution in [2.75, 3.05) is 5.33 Å². The van der Waals surface area contributed by atoms with E-state index < -0.39 is 0 Å². The summed E-state index contributed by atoms with van der Waals surface area (Å²) < 4.78 is 0. The lowest BCUT2D eigenvalue weighted by Crippen LogP contribution is -1.86. The first-order chi connectivity index (χ1) is 7.83. The number of nitrogens with zero attached hydrogens (tertiary/aromatic N) is 1. The summed E-state index contributed by atoms with van der Waals surface area (Å²) in [4.78, 5) is 4.43. The Bertz CT molecular complexity index is 517. The van der Waals surface area contributed by atoms with Crippen LogP contribution in [0.2, 0.25) is 0 Å². The summed E-state index contributed by atoms with van der Waals surface area (Å²) in [6.07, 6.45) is 7.26. The van der Waals surface area contributed by atoms with E-state index in [1.807, 2.05) is 12.3 Å². The van der Waals surface area contributed by atoms with Gasteiger partial charge in [-0.1, -0.05) is 46.3 Å². The lowest BCUT2D eigenvalue weighted by Gasteiger charge is -2.04. The Balaban J connectivity index is 2.44. The van der Waals surface area contributed by atoms with E-state index >= 15 is 0 Å². The van der Waals surface area contributed by atoms with E-state index in [1.165, 1.54) is 16.5 Å². The molecule has 0 bridgehead atoms. The molecular formula is C14H14BrN. The van der Waals surface area contributed by atoms with Crippen molar-refractivity contribution in [1.82, 2.24) is 4.98 Å². The van der Waals surface area contributed by atoms with Crippen molar-refractivity contribution in [3.8, 4) is 0 Å². The Morgan fingerprint density at radius 2 is 2.19 bits per heavy atom. The Hall–Kier alpha value is -1.15. The van der Waals surface area contributed by atoms with E-state index in [0.29, 0.717) is 0 Å². The molecule has 0 saturated carbocycles. The Kier molecular flexibility index (Phi) is 3.73. The number of rotatable bonds is 3. The van der Waals surface area contributed by atoms with Gasteiger partial charge in [0.05, 0.1) is 5.52 Å². The van der Waals surface area contributed by atoms with Gasteiger partial charge in [-0.2, -0.15) is 0 Å². The first kappa shape index (κ1) is 11.3. The normalized spacial score (nSPS) is 11.4. The summed E-state index contributed by atoms with van der Waals surface area (Å²) in [5, 5.41) is 2.21. The van der Waals surface area contributed by atoms with E-state index in [4.69, 9.17) is 0 Å². The summed E-state index contributed by atoms with van der Waals surface area (Å²) in [5.41, 5.74) is 3.61. The van der Waals surface area contributed by atoms with Gasteiger partial charge in [-0.15, -0.1) is 0 Å². The van der Waals surface area contributed by atoms with E-state index in [-0.39, 0.29) is 0 Å². The number of allylic oxidation sites excluding steroid dienone is 1. The minimum Gasteiger partial charge on any atom is -0.256 e. The molecule has 0 aliphatic carbocycles. The highest BCUT2D eigenvalue weighted by molar-refractivity contribution is 9.09. The van der Waals surface area contributed by atoms with Crippen molar-refractivity contribution >= 4 is 32.9 Å². The van der Waals surface area contributed by atoms with Gasteiger partial charge in [0.2, 0.25) is 0 Å². The molecule has 0 aliphatic heterocycles. The van der Waals surface area contributed by atoms with Crippen molar-refractivity contribution in [2.24, 2.45) is 0 Å². The van der Waals surface area contributed by atoms with Crippen LogP contribution in [0, 0.1) is 6.92 Å². The number of halogens is 1. The molecule has 0 saturated heterocycles. The third-order valence-electron chi connectivity index (χ3n) is 2.64. The number of hydrogen-bond acceptors (Lipinski definition) is 1. The zero-order valence-electron chi connectivity index (χ0n) is 9.28. The number of alkyl halides is 1. The monoisotopic (exact) mass is 275 g/mol. The number of aryl methyl sites for hydroxylation is 1. The van der Waals surface area contributed by atoms with Crippen LogP contribution in [0.3, 0.4) is 0 Å². The van der Waals surface area contributed by atoms with E-state index in [0.717, 1.165) is 17.3 Å². The molecule has 2 heteroatoms. The fraction of sp³-hybridized carbons (Fsp3) is 0.214. The maximum atomic E-state index is 4.43. The van der Waals surface area contributed by atoms with Crippen molar-refractivity contribution < 1.29 is 0 Å². The molecule has 0 amide bonds. The molecule has 1 nitrogen and oxygen atoms in total. The highest BCUT2D eigenvalue weighted by Gasteiger charge is 2.01. The van der Waals surface area contributed by atoms with Crippen LogP contribution in [0.25, 0.3) is 17.0 Å². The number of aromatic nitrogens is 1. The fourth-order valence-electron chi connectivity index (χ4n) is 1.76. The molecule has 1 heterocycles. The molecule has 2 rings (SSSR count). The minimum atomic E-state index is 1.01. The van der Waals surface area contributed by atoms with Crippen LogP contribution in [0.1, 0.15) is 17.5 Å². The summed E-state index contributed by atoms with van der Waals surface area (Å²) in [6, 6.07) is 8.36. The number of pyridine rings is 1. The van der Waals surface area contributed by atoms with Crippen LogP contribution in [-0.2, 0) is 0 Å². The molecule has 0 N–H and O–H groups in total. The van der Waals surface area contributed by atoms with Crippen molar-refractivity contribution in [3.63, 3.8) is 0 Å². The lowest BCUT2D eigenvalue weighted by molar-refractivity contribution is 1.27. The lowest BCUT2D eigenvalue weighted by atomic mass is 10.0. The van der Waals surface area contributed by atoms with Crippen molar-refractivity contribution in [1.29, 1.82) is 0 Å². The molecular weight excluding hydrogens is 262 g/mol. The Morgan fingerprint density at radius 1 is 1.31 bits per heavy atom. The van der Waals surface area contributed by atoms with Gasteiger partial charge in [0.1, 0.15) is 0 Å². The standard InChI is InChI=1S/C14H14BrN/c1-11-12(5-2-3-9-15)7-8-13-6-4-10-16-14(11)13/h2,4-8,10H,3,9H2,1H3. The smallest absolute Gasteiger partial charge is 0.0737 e. The van der Waals surface area contributed by atoms with Gasteiger partial charge in [-0.25, -0.2) is 0 Å². The summed E-state index contributed by atoms with van der Waals surface area (Å²) in [7, 11) is 0. The van der Waals surface area contributed by atoms with Crippen LogP contribution in [0.15, 0.2) is 36.5 Å². The molecule has 1 aromatic heterocycles. The van der Waals surface area contributed by atoms with Gasteiger partial charge >= 0.3 is 0 Å². The summed E-state index contributed by atoms with van der Waals surface area (Å²) in [6.45, 7) is 2.13. The molecule has 0 radical (unpaired) electrons. The Morgan fingerprint density at radius 3 is 3.00 bits per heavy atom. The highest BCUT2D eigenvalue weighted by Crippen LogP contribution is 2.20. The predicted octanol–water partition coefficient (Wildman–Crippen LogP) is 4.34. The number of benzene rings is 1. The third-order valence-corrected chi connectivity index (χ3v) is 3.10. The molecule has 0 fully saturated rings. The fourth-order valence-corrected chi connectivity index (χ4v) is 2.03. The van der Waals surface area contributed by atoms with Crippen LogP contribution in [0.4, 0.5) is 0 Å². The van der Waals surface area contributed by atoms with Gasteiger partial charge in [0.25, 0.3) is 0 Å². The van der Waals surface area contributed by atoms with Gasteiger partial charge in [-0.05, 0) is 30.5 Å². The summed E-state index contributed by atoms with van der Waals surface area (Å²) in [5.74, 6) is 0. The third kappa shape index (κ3) is 2.33. The van der Waals surface area contributed by atoms with E-state index in [2.05, 4.69) is 58.2 Å². The average Bonchev–Trinajstić information content (AvgIpc) is 2.33. The maximum absolute atomic E-state index is 4.43. The highest BCUT2D eigenvalue weighted by atomic mass is 79.9. The van der Waals surface area contributed by atoms with Gasteiger partial charge < -0.3 is 0 Å². The maximum Gasteiger partial charge on any atom is 0.0737 e. The minimum absolute atomic E-state index is 1.01. The number of hydrogen-bond donors (Lipinski definition) is 0. The van der Waals surface area contributed by atoms with Crippen LogP contribution in [0.5, 0.6) is 0 Å². The quantitative estimate of drug-likeness (QED) is 0.760. The molecule has 0 aliphatic rings. The zero-order chi connectivity index (χ0) is 11.4. The molecule has 0 spiro atoms. The Labute approximate surface area is 104 Å². The molecule has 82 valence electrons. The SMILES string of the molecule is Cc1c(C=CCCBr)ccc2cccnc12. The van der Waals surface area contributed by atoms with Crippen LogP contribution < -0.4 is 0 Å². The van der Waals surface area contributed by atoms with E-state index in [1.54, 1.807) is 0 Å². The molecule has 1 aromatic carbocycles. The largest absolute Gasteiger partial charge is 0.256 e. The molecule has 0 unspecified atom stereocenters. The second-order valence-electron chi connectivity index (χ2n) is 3.73. The molecule has 16 heavy (non-hydrogen) atoms. The zero-order valence-corrected chi connectivity index (χ0v) is 10.9. The van der Waals surface area contributed by atoms with Crippen LogP contribution in [-0.4, -0.2) is 10.3 Å². The topological polar surface area (TPSA) is 12.9 Å². The van der Waals surface area contributed by atoms with Gasteiger partial charge in [0, 0.05) is 16.9 Å². The average molecular weight is 276 g/mol. The van der Waals surface area contributed by atoms with Crippen molar-refractivity contribution in [2.45, 2.75) is 13.3 Å². The van der Waals surface area contributed by atoms with Gasteiger partial charge in [-0.3, -0.25) is 4.98 Å². The first-order valence-electron chi connectivity index (χ1n) is 5.40. The molecule has 0 atom stereocenters. The molecule has 2 aromatic rings. The van der Waals surface area contributed by atoms with E-state index in [9.17, 15) is 0 Å². The first-order valence-corrected chi connectivity index (χ1v) is 6.52. The second-order valence-corrected chi connectivity index (χ2v) is 4.53. The van der Waals surface area contributed by atoms with Gasteiger partial charge in [0.15, 0.2) is 0 Å². The summed E-state index contributed by atoms with van der Waals surface area (Å²) >= 11 is 3.42.